The van der Waals surface area contributed by atoms with Crippen molar-refractivity contribution >= 4 is 12.0 Å². The van der Waals surface area contributed by atoms with E-state index in [0.29, 0.717) is 6.54 Å². The number of carbonyl (C=O) groups excluding carboxylic acids is 1. The molecule has 0 aromatic heterocycles. The maximum Gasteiger partial charge on any atom is 0.329 e. The van der Waals surface area contributed by atoms with Crippen molar-refractivity contribution in [2.45, 2.75) is 64.3 Å². The predicted molar refractivity (Wildman–Crippen MR) is 74.1 cm³/mol. The van der Waals surface area contributed by atoms with Crippen molar-refractivity contribution < 1.29 is 14.7 Å². The van der Waals surface area contributed by atoms with Gasteiger partial charge in [0.05, 0.1) is 0 Å². The lowest BCUT2D eigenvalue weighted by molar-refractivity contribution is -0.144. The highest BCUT2D eigenvalue weighted by Gasteiger charge is 2.48. The average Bonchev–Trinajstić information content (AvgIpc) is 3.17. The van der Waals surface area contributed by atoms with E-state index in [9.17, 15) is 14.7 Å². The molecule has 0 aliphatic heterocycles. The molecule has 1 aliphatic rings. The molecule has 0 spiro atoms. The van der Waals surface area contributed by atoms with Gasteiger partial charge in [0.25, 0.3) is 0 Å². The Labute approximate surface area is 115 Å². The van der Waals surface area contributed by atoms with Crippen molar-refractivity contribution in [3.8, 4) is 0 Å². The van der Waals surface area contributed by atoms with Crippen molar-refractivity contribution in [2.75, 3.05) is 6.54 Å². The minimum atomic E-state index is -1.12. The van der Waals surface area contributed by atoms with Crippen LogP contribution in [0.5, 0.6) is 0 Å². The molecule has 1 unspecified atom stereocenters. The molecule has 0 saturated heterocycles. The van der Waals surface area contributed by atoms with Crippen molar-refractivity contribution in [3.05, 3.63) is 0 Å². The van der Waals surface area contributed by atoms with Gasteiger partial charge in [-0.05, 0) is 32.1 Å². The third kappa shape index (κ3) is 5.09. The Hall–Kier alpha value is -1.26. The molecule has 19 heavy (non-hydrogen) atoms. The van der Waals surface area contributed by atoms with E-state index in [-0.39, 0.29) is 11.9 Å². The van der Waals surface area contributed by atoms with Gasteiger partial charge >= 0.3 is 12.0 Å². The van der Waals surface area contributed by atoms with Gasteiger partial charge in [0.2, 0.25) is 0 Å². The number of urea groups is 1. The Bertz CT molecular complexity index is 316. The first-order valence-corrected chi connectivity index (χ1v) is 7.30. The predicted octanol–water partition coefficient (Wildman–Crippen LogP) is 2.51. The Balaban J connectivity index is 2.20. The molecule has 1 saturated carbocycles. The number of amides is 2. The second-order valence-corrected chi connectivity index (χ2v) is 5.58. The standard InChI is InChI=1S/C14H26N2O3/c1-3-4-5-6-7-10-15-13(19)16-14(2,12(17)18)11-8-9-11/h11H,3-10H2,1-2H3,(H,17,18)(H2,15,16,19). The number of nitrogens with one attached hydrogen (secondary N) is 2. The molecule has 1 aliphatic carbocycles. The Morgan fingerprint density at radius 2 is 1.84 bits per heavy atom. The number of aliphatic carboxylic acids is 1. The lowest BCUT2D eigenvalue weighted by Crippen LogP contribution is -2.56. The van der Waals surface area contributed by atoms with Crippen LogP contribution in [-0.4, -0.2) is 29.2 Å². The zero-order valence-electron chi connectivity index (χ0n) is 12.0. The highest BCUT2D eigenvalue weighted by atomic mass is 16.4. The van der Waals surface area contributed by atoms with E-state index in [4.69, 9.17) is 0 Å². The molecule has 110 valence electrons. The van der Waals surface area contributed by atoms with Gasteiger partial charge in [-0.25, -0.2) is 9.59 Å². The fourth-order valence-electron chi connectivity index (χ4n) is 2.20. The lowest BCUT2D eigenvalue weighted by Gasteiger charge is -2.26. The van der Waals surface area contributed by atoms with Gasteiger partial charge in [-0.15, -0.1) is 0 Å². The SMILES string of the molecule is CCCCCCCNC(=O)NC(C)(C(=O)O)C1CC1. The van der Waals surface area contributed by atoms with Gasteiger partial charge in [0, 0.05) is 6.54 Å². The van der Waals surface area contributed by atoms with E-state index in [0.717, 1.165) is 25.7 Å². The maximum absolute atomic E-state index is 11.7. The summed E-state index contributed by atoms with van der Waals surface area (Å²) in [7, 11) is 0. The summed E-state index contributed by atoms with van der Waals surface area (Å²) >= 11 is 0. The Morgan fingerprint density at radius 1 is 1.21 bits per heavy atom. The third-order valence-electron chi connectivity index (χ3n) is 3.78. The zero-order valence-corrected chi connectivity index (χ0v) is 12.0. The first kappa shape index (κ1) is 15.8. The molecule has 3 N–H and O–H groups in total. The first-order valence-electron chi connectivity index (χ1n) is 7.30. The van der Waals surface area contributed by atoms with Gasteiger partial charge in [0.1, 0.15) is 5.54 Å². The summed E-state index contributed by atoms with van der Waals surface area (Å²) in [4.78, 5) is 22.9. The Morgan fingerprint density at radius 3 is 2.37 bits per heavy atom. The van der Waals surface area contributed by atoms with Crippen molar-refractivity contribution in [1.29, 1.82) is 0 Å². The van der Waals surface area contributed by atoms with Crippen LogP contribution >= 0.6 is 0 Å². The number of rotatable bonds is 9. The molecule has 0 heterocycles. The monoisotopic (exact) mass is 270 g/mol. The van der Waals surface area contributed by atoms with E-state index in [1.807, 2.05) is 0 Å². The van der Waals surface area contributed by atoms with Gasteiger partial charge in [-0.2, -0.15) is 0 Å². The first-order chi connectivity index (χ1) is 9.00. The summed E-state index contributed by atoms with van der Waals surface area (Å²) in [6.07, 6.45) is 7.42. The minimum Gasteiger partial charge on any atom is -0.480 e. The quantitative estimate of drug-likeness (QED) is 0.563. The summed E-state index contributed by atoms with van der Waals surface area (Å²) in [5, 5.41) is 14.6. The van der Waals surface area contributed by atoms with Gasteiger partial charge < -0.3 is 15.7 Å². The molecular formula is C14H26N2O3. The molecular weight excluding hydrogens is 244 g/mol. The minimum absolute atomic E-state index is 0.0697. The average molecular weight is 270 g/mol. The molecule has 5 nitrogen and oxygen atoms in total. The normalized spacial score (nSPS) is 17.6. The fraction of sp³-hybridized carbons (Fsp3) is 0.857. The molecule has 0 radical (unpaired) electrons. The van der Waals surface area contributed by atoms with Gasteiger partial charge in [-0.1, -0.05) is 32.6 Å². The van der Waals surface area contributed by atoms with Crippen LogP contribution in [0.25, 0.3) is 0 Å². The molecule has 1 atom stereocenters. The lowest BCUT2D eigenvalue weighted by atomic mass is 9.96. The molecule has 1 rings (SSSR count). The number of unbranched alkanes of at least 4 members (excludes halogenated alkanes) is 4. The molecule has 1 fully saturated rings. The summed E-state index contributed by atoms with van der Waals surface area (Å²) in [6.45, 7) is 4.36. The van der Waals surface area contributed by atoms with Crippen LogP contribution in [-0.2, 0) is 4.79 Å². The molecule has 0 aromatic carbocycles. The van der Waals surface area contributed by atoms with Crippen LogP contribution in [0, 0.1) is 5.92 Å². The second-order valence-electron chi connectivity index (χ2n) is 5.58. The van der Waals surface area contributed by atoms with Crippen molar-refractivity contribution in [2.24, 2.45) is 5.92 Å². The number of carboxylic acids is 1. The van der Waals surface area contributed by atoms with Crippen LogP contribution in [0.2, 0.25) is 0 Å². The van der Waals surface area contributed by atoms with Gasteiger partial charge in [-0.3, -0.25) is 0 Å². The van der Waals surface area contributed by atoms with Crippen LogP contribution < -0.4 is 10.6 Å². The molecule has 5 heteroatoms. The van der Waals surface area contributed by atoms with E-state index in [1.54, 1.807) is 6.92 Å². The number of hydrogen-bond acceptors (Lipinski definition) is 2. The van der Waals surface area contributed by atoms with E-state index < -0.39 is 11.5 Å². The van der Waals surface area contributed by atoms with E-state index >= 15 is 0 Å². The molecule has 0 bridgehead atoms. The highest BCUT2D eigenvalue weighted by molar-refractivity contribution is 5.86. The fourth-order valence-corrected chi connectivity index (χ4v) is 2.20. The Kier molecular flexibility index (Phi) is 6.12. The molecule has 2 amide bonds. The maximum atomic E-state index is 11.7. The van der Waals surface area contributed by atoms with Crippen LogP contribution in [0.1, 0.15) is 58.8 Å². The topological polar surface area (TPSA) is 78.4 Å². The number of carboxylic acid groups (broad SMARTS) is 1. The summed E-state index contributed by atoms with van der Waals surface area (Å²) in [6, 6.07) is -0.368. The second kappa shape index (κ2) is 7.36. The number of hydrogen-bond donors (Lipinski definition) is 3. The van der Waals surface area contributed by atoms with E-state index in [2.05, 4.69) is 17.6 Å². The molecule has 0 aromatic rings. The van der Waals surface area contributed by atoms with Crippen LogP contribution in [0.15, 0.2) is 0 Å². The van der Waals surface area contributed by atoms with Crippen LogP contribution in [0.4, 0.5) is 4.79 Å². The number of carbonyl (C=O) groups is 2. The zero-order chi connectivity index (χ0) is 14.3. The summed E-state index contributed by atoms with van der Waals surface area (Å²) < 4.78 is 0. The highest BCUT2D eigenvalue weighted by Crippen LogP contribution is 2.39. The van der Waals surface area contributed by atoms with Crippen molar-refractivity contribution in [3.63, 3.8) is 0 Å². The van der Waals surface area contributed by atoms with Gasteiger partial charge in [0.15, 0.2) is 0 Å². The van der Waals surface area contributed by atoms with E-state index in [1.165, 1.54) is 19.3 Å². The van der Waals surface area contributed by atoms with Crippen molar-refractivity contribution in [1.82, 2.24) is 10.6 Å². The third-order valence-corrected chi connectivity index (χ3v) is 3.78. The summed E-state index contributed by atoms with van der Waals surface area (Å²) in [5.74, 6) is -0.881. The van der Waals surface area contributed by atoms with Crippen LogP contribution in [0.3, 0.4) is 0 Å². The summed E-state index contributed by atoms with van der Waals surface area (Å²) in [5.41, 5.74) is -1.12. The smallest absolute Gasteiger partial charge is 0.329 e. The largest absolute Gasteiger partial charge is 0.480 e.